The molecule has 1 N–H and O–H groups in total. The molecule has 31 heavy (non-hydrogen) atoms. The lowest BCUT2D eigenvalue weighted by molar-refractivity contribution is 0.0950. The molecule has 162 valence electrons. The standard InChI is InChI=1S/C23H23FN2O4S/c1-30-22-10-6-4-7-18(22)15-25-23(27)17-11-13-20(14-12-17)26(31(2,28)29)16-19-8-3-5-9-21(19)24/h3-14H,15-16H2,1-2H3,(H,25,27). The van der Waals surface area contributed by atoms with Crippen molar-refractivity contribution in [2.24, 2.45) is 0 Å². The molecule has 1 amide bonds. The van der Waals surface area contributed by atoms with Gasteiger partial charge in [0.25, 0.3) is 5.91 Å². The predicted octanol–water partition coefficient (Wildman–Crippen LogP) is 3.73. The van der Waals surface area contributed by atoms with Gasteiger partial charge in [-0.25, -0.2) is 12.8 Å². The van der Waals surface area contributed by atoms with E-state index in [0.29, 0.717) is 17.0 Å². The number of carbonyl (C=O) groups is 1. The first-order chi connectivity index (χ1) is 14.8. The Balaban J connectivity index is 1.75. The molecular weight excluding hydrogens is 419 g/mol. The van der Waals surface area contributed by atoms with Crippen LogP contribution < -0.4 is 14.4 Å². The minimum atomic E-state index is -3.67. The highest BCUT2D eigenvalue weighted by molar-refractivity contribution is 7.92. The molecule has 0 radical (unpaired) electrons. The van der Waals surface area contributed by atoms with E-state index in [1.807, 2.05) is 24.3 Å². The first kappa shape index (κ1) is 22.3. The zero-order valence-corrected chi connectivity index (χ0v) is 18.0. The molecule has 0 bridgehead atoms. The van der Waals surface area contributed by atoms with Gasteiger partial charge in [-0.05, 0) is 36.4 Å². The quantitative estimate of drug-likeness (QED) is 0.577. The number of sulfonamides is 1. The van der Waals surface area contributed by atoms with Crippen LogP contribution in [0.5, 0.6) is 5.75 Å². The third-order valence-corrected chi connectivity index (χ3v) is 5.86. The molecule has 0 aromatic heterocycles. The summed E-state index contributed by atoms with van der Waals surface area (Å²) in [6, 6.07) is 19.5. The normalized spacial score (nSPS) is 11.1. The molecular formula is C23H23FN2O4S. The number of ether oxygens (including phenoxy) is 1. The molecule has 0 atom stereocenters. The Morgan fingerprint density at radius 1 is 0.968 bits per heavy atom. The molecule has 0 fully saturated rings. The van der Waals surface area contributed by atoms with Crippen molar-refractivity contribution in [2.75, 3.05) is 17.7 Å². The van der Waals surface area contributed by atoms with Gasteiger partial charge < -0.3 is 10.1 Å². The molecule has 3 rings (SSSR count). The summed E-state index contributed by atoms with van der Waals surface area (Å²) in [7, 11) is -2.10. The number of nitrogens with one attached hydrogen (secondary N) is 1. The number of para-hydroxylation sites is 1. The fraction of sp³-hybridized carbons (Fsp3) is 0.174. The lowest BCUT2D eigenvalue weighted by Gasteiger charge is -2.23. The third-order valence-electron chi connectivity index (χ3n) is 4.72. The number of hydrogen-bond donors (Lipinski definition) is 1. The van der Waals surface area contributed by atoms with Gasteiger partial charge in [0, 0.05) is 23.2 Å². The second kappa shape index (κ2) is 9.61. The Bertz CT molecular complexity index is 1160. The average Bonchev–Trinajstić information content (AvgIpc) is 2.76. The molecule has 0 spiro atoms. The largest absolute Gasteiger partial charge is 0.496 e. The number of amides is 1. The Labute approximate surface area is 181 Å². The molecule has 6 nitrogen and oxygen atoms in total. The molecule has 3 aromatic carbocycles. The maximum absolute atomic E-state index is 14.0. The third kappa shape index (κ3) is 5.61. The van der Waals surface area contributed by atoms with Crippen LogP contribution >= 0.6 is 0 Å². The summed E-state index contributed by atoms with van der Waals surface area (Å²) < 4.78 is 45.0. The van der Waals surface area contributed by atoms with Crippen LogP contribution in [0.2, 0.25) is 0 Å². The fourth-order valence-corrected chi connectivity index (χ4v) is 3.97. The molecule has 0 aliphatic heterocycles. The van der Waals surface area contributed by atoms with Gasteiger partial charge in [-0.15, -0.1) is 0 Å². The number of carbonyl (C=O) groups excluding carboxylic acids is 1. The number of rotatable bonds is 8. The first-order valence-electron chi connectivity index (χ1n) is 9.51. The second-order valence-electron chi connectivity index (χ2n) is 6.90. The Hall–Kier alpha value is -3.39. The van der Waals surface area contributed by atoms with Gasteiger partial charge in [0.05, 0.1) is 25.6 Å². The van der Waals surface area contributed by atoms with Crippen molar-refractivity contribution in [1.82, 2.24) is 5.32 Å². The minimum absolute atomic E-state index is 0.148. The van der Waals surface area contributed by atoms with Crippen molar-refractivity contribution in [3.8, 4) is 5.75 Å². The van der Waals surface area contributed by atoms with Gasteiger partial charge in [0.15, 0.2) is 0 Å². The van der Waals surface area contributed by atoms with Gasteiger partial charge in [-0.1, -0.05) is 36.4 Å². The predicted molar refractivity (Wildman–Crippen MR) is 118 cm³/mol. The molecule has 0 heterocycles. The maximum atomic E-state index is 14.0. The SMILES string of the molecule is COc1ccccc1CNC(=O)c1ccc(N(Cc2ccccc2F)S(C)(=O)=O)cc1. The number of halogens is 1. The molecule has 0 aliphatic rings. The summed E-state index contributed by atoms with van der Waals surface area (Å²) >= 11 is 0. The minimum Gasteiger partial charge on any atom is -0.496 e. The summed E-state index contributed by atoms with van der Waals surface area (Å²) in [4.78, 5) is 12.5. The molecule has 0 aliphatic carbocycles. The van der Waals surface area contributed by atoms with Crippen molar-refractivity contribution in [2.45, 2.75) is 13.1 Å². The van der Waals surface area contributed by atoms with E-state index in [0.717, 1.165) is 16.1 Å². The van der Waals surface area contributed by atoms with Crippen molar-refractivity contribution < 1.29 is 22.3 Å². The summed E-state index contributed by atoms with van der Waals surface area (Å²) in [6.07, 6.45) is 1.06. The number of methoxy groups -OCH3 is 1. The van der Waals surface area contributed by atoms with E-state index >= 15 is 0 Å². The van der Waals surface area contributed by atoms with E-state index in [9.17, 15) is 17.6 Å². The van der Waals surface area contributed by atoms with Crippen LogP contribution in [0.3, 0.4) is 0 Å². The zero-order chi connectivity index (χ0) is 22.4. The summed E-state index contributed by atoms with van der Waals surface area (Å²) in [5, 5.41) is 2.82. The highest BCUT2D eigenvalue weighted by Gasteiger charge is 2.20. The molecule has 0 saturated carbocycles. The molecule has 3 aromatic rings. The smallest absolute Gasteiger partial charge is 0.251 e. The van der Waals surface area contributed by atoms with E-state index in [-0.39, 0.29) is 24.6 Å². The van der Waals surface area contributed by atoms with E-state index in [2.05, 4.69) is 5.32 Å². The van der Waals surface area contributed by atoms with E-state index in [1.54, 1.807) is 19.2 Å². The van der Waals surface area contributed by atoms with E-state index < -0.39 is 15.8 Å². The van der Waals surface area contributed by atoms with Crippen molar-refractivity contribution >= 4 is 21.6 Å². The van der Waals surface area contributed by atoms with E-state index in [1.165, 1.54) is 36.4 Å². The molecule has 0 unspecified atom stereocenters. The van der Waals surface area contributed by atoms with Gasteiger partial charge in [-0.3, -0.25) is 9.10 Å². The van der Waals surface area contributed by atoms with Crippen LogP contribution in [-0.2, 0) is 23.1 Å². The summed E-state index contributed by atoms with van der Waals surface area (Å²) in [5.74, 6) is -0.115. The van der Waals surface area contributed by atoms with Gasteiger partial charge in [-0.2, -0.15) is 0 Å². The Kier molecular flexibility index (Phi) is 6.91. The zero-order valence-electron chi connectivity index (χ0n) is 17.2. The van der Waals surface area contributed by atoms with Gasteiger partial charge in [0.1, 0.15) is 11.6 Å². The second-order valence-corrected chi connectivity index (χ2v) is 8.81. The van der Waals surface area contributed by atoms with Crippen LogP contribution in [0.1, 0.15) is 21.5 Å². The highest BCUT2D eigenvalue weighted by atomic mass is 32.2. The van der Waals surface area contributed by atoms with Crippen LogP contribution in [0.4, 0.5) is 10.1 Å². The fourth-order valence-electron chi connectivity index (χ4n) is 3.09. The van der Waals surface area contributed by atoms with Crippen molar-refractivity contribution in [3.63, 3.8) is 0 Å². The highest BCUT2D eigenvalue weighted by Crippen LogP contribution is 2.23. The lowest BCUT2D eigenvalue weighted by atomic mass is 10.1. The average molecular weight is 443 g/mol. The molecule has 0 saturated heterocycles. The molecule has 8 heteroatoms. The van der Waals surface area contributed by atoms with Crippen LogP contribution in [-0.4, -0.2) is 27.7 Å². The van der Waals surface area contributed by atoms with Crippen LogP contribution in [0, 0.1) is 5.82 Å². The van der Waals surface area contributed by atoms with Crippen molar-refractivity contribution in [3.05, 3.63) is 95.3 Å². The number of benzene rings is 3. The maximum Gasteiger partial charge on any atom is 0.251 e. The first-order valence-corrected chi connectivity index (χ1v) is 11.4. The monoisotopic (exact) mass is 442 g/mol. The topological polar surface area (TPSA) is 75.7 Å². The summed E-state index contributed by atoms with van der Waals surface area (Å²) in [5.41, 5.74) is 1.81. The summed E-state index contributed by atoms with van der Waals surface area (Å²) in [6.45, 7) is 0.137. The van der Waals surface area contributed by atoms with Crippen LogP contribution in [0.25, 0.3) is 0 Å². The Morgan fingerprint density at radius 2 is 1.58 bits per heavy atom. The Morgan fingerprint density at radius 3 is 2.19 bits per heavy atom. The number of nitrogens with zero attached hydrogens (tertiary/aromatic N) is 1. The van der Waals surface area contributed by atoms with Crippen molar-refractivity contribution in [1.29, 1.82) is 0 Å². The van der Waals surface area contributed by atoms with E-state index in [4.69, 9.17) is 4.74 Å². The lowest BCUT2D eigenvalue weighted by Crippen LogP contribution is -2.30. The van der Waals surface area contributed by atoms with Gasteiger partial charge >= 0.3 is 0 Å². The number of hydrogen-bond acceptors (Lipinski definition) is 4. The number of anilines is 1. The van der Waals surface area contributed by atoms with Crippen LogP contribution in [0.15, 0.2) is 72.8 Å². The van der Waals surface area contributed by atoms with Gasteiger partial charge in [0.2, 0.25) is 10.0 Å².